The van der Waals surface area contributed by atoms with Gasteiger partial charge in [0.2, 0.25) is 0 Å². The molecule has 1 aliphatic heterocycles. The molecule has 0 bridgehead atoms. The molecular formula is C11H15F3N4OS. The fraction of sp³-hybridized carbons (Fsp3) is 0.545. The minimum Gasteiger partial charge on any atom is -0.367 e. The number of hydrogen-bond donors (Lipinski definition) is 3. The van der Waals surface area contributed by atoms with Crippen molar-refractivity contribution in [2.24, 2.45) is 5.84 Å². The predicted molar refractivity (Wildman–Crippen MR) is 71.6 cm³/mol. The van der Waals surface area contributed by atoms with Crippen LogP contribution in [0.1, 0.15) is 18.4 Å². The number of nitrogens with two attached hydrogens (primary N) is 1. The normalized spacial score (nSPS) is 23.4. The van der Waals surface area contributed by atoms with E-state index in [0.717, 1.165) is 12.1 Å². The first kappa shape index (κ1) is 15.0. The number of aromatic nitrogens is 1. The van der Waals surface area contributed by atoms with Crippen molar-refractivity contribution in [3.05, 3.63) is 17.7 Å². The van der Waals surface area contributed by atoms with Crippen molar-refractivity contribution in [3.63, 3.8) is 0 Å². The molecule has 1 fully saturated rings. The smallest absolute Gasteiger partial charge is 0.367 e. The SMILES string of the molecule is NNc1cc(C(F)(F)F)cc(NC2CCS(=O)CC2)n1. The molecule has 0 aliphatic carbocycles. The summed E-state index contributed by atoms with van der Waals surface area (Å²) in [7, 11) is -0.816. The zero-order valence-corrected chi connectivity index (χ0v) is 11.4. The second-order valence-electron chi connectivity index (χ2n) is 4.54. The first-order valence-electron chi connectivity index (χ1n) is 6.06. The van der Waals surface area contributed by atoms with Crippen molar-refractivity contribution in [2.75, 3.05) is 22.2 Å². The second kappa shape index (κ2) is 5.96. The van der Waals surface area contributed by atoms with E-state index in [-0.39, 0.29) is 17.7 Å². The summed E-state index contributed by atoms with van der Waals surface area (Å²) in [6, 6.07) is 1.78. The Labute approximate surface area is 116 Å². The van der Waals surface area contributed by atoms with Crippen LogP contribution in [-0.4, -0.2) is 26.7 Å². The highest BCUT2D eigenvalue weighted by Gasteiger charge is 2.32. The van der Waals surface area contributed by atoms with E-state index in [1.807, 2.05) is 0 Å². The fourth-order valence-corrected chi connectivity index (χ4v) is 3.29. The zero-order valence-electron chi connectivity index (χ0n) is 10.5. The Morgan fingerprint density at radius 3 is 2.40 bits per heavy atom. The Morgan fingerprint density at radius 1 is 1.25 bits per heavy atom. The van der Waals surface area contributed by atoms with Gasteiger partial charge in [0.05, 0.1) is 5.56 Å². The maximum atomic E-state index is 12.7. The number of nitrogens with zero attached hydrogens (tertiary/aromatic N) is 1. The van der Waals surface area contributed by atoms with Gasteiger partial charge in [0.15, 0.2) is 0 Å². The van der Waals surface area contributed by atoms with Crippen molar-refractivity contribution < 1.29 is 17.4 Å². The van der Waals surface area contributed by atoms with Crippen LogP contribution in [0.4, 0.5) is 24.8 Å². The van der Waals surface area contributed by atoms with Gasteiger partial charge < -0.3 is 10.7 Å². The molecule has 112 valence electrons. The first-order valence-corrected chi connectivity index (χ1v) is 7.54. The molecule has 0 radical (unpaired) electrons. The minimum absolute atomic E-state index is 0.0192. The summed E-state index contributed by atoms with van der Waals surface area (Å²) < 4.78 is 49.5. The Morgan fingerprint density at radius 2 is 1.85 bits per heavy atom. The van der Waals surface area contributed by atoms with Crippen molar-refractivity contribution in [2.45, 2.75) is 25.1 Å². The van der Waals surface area contributed by atoms with E-state index in [4.69, 9.17) is 5.84 Å². The summed E-state index contributed by atoms with van der Waals surface area (Å²) in [5.41, 5.74) is 1.31. The molecule has 4 N–H and O–H groups in total. The minimum atomic E-state index is -4.46. The summed E-state index contributed by atoms with van der Waals surface area (Å²) in [5.74, 6) is 6.30. The number of alkyl halides is 3. The van der Waals surface area contributed by atoms with Crippen molar-refractivity contribution >= 4 is 22.4 Å². The molecule has 20 heavy (non-hydrogen) atoms. The molecule has 0 atom stereocenters. The molecule has 5 nitrogen and oxygen atoms in total. The van der Waals surface area contributed by atoms with Gasteiger partial charge in [-0.25, -0.2) is 10.8 Å². The van der Waals surface area contributed by atoms with Crippen LogP contribution in [0, 0.1) is 0 Å². The third-order valence-electron chi connectivity index (χ3n) is 3.04. The van der Waals surface area contributed by atoms with E-state index in [1.54, 1.807) is 0 Å². The maximum Gasteiger partial charge on any atom is 0.416 e. The van der Waals surface area contributed by atoms with Crippen molar-refractivity contribution in [3.8, 4) is 0 Å². The number of halogens is 3. The molecule has 1 saturated heterocycles. The number of nitrogens with one attached hydrogen (secondary N) is 2. The van der Waals surface area contributed by atoms with Gasteiger partial charge in [-0.2, -0.15) is 13.2 Å². The predicted octanol–water partition coefficient (Wildman–Crippen LogP) is 1.71. The molecule has 0 amide bonds. The molecule has 0 saturated carbocycles. The molecule has 2 rings (SSSR count). The zero-order chi connectivity index (χ0) is 14.8. The highest BCUT2D eigenvalue weighted by atomic mass is 32.2. The van der Waals surface area contributed by atoms with Gasteiger partial charge in [-0.05, 0) is 25.0 Å². The van der Waals surface area contributed by atoms with Crippen LogP contribution in [0.3, 0.4) is 0 Å². The highest BCUT2D eigenvalue weighted by molar-refractivity contribution is 7.85. The molecule has 1 aromatic heterocycles. The van der Waals surface area contributed by atoms with Gasteiger partial charge in [-0.3, -0.25) is 4.21 Å². The number of rotatable bonds is 3. The average molecular weight is 308 g/mol. The standard InChI is InChI=1S/C11H15F3N4OS/c12-11(13,14)7-5-9(17-10(6-7)18-15)16-8-1-3-20(19)4-2-8/h5-6,8H,1-4,15H2,(H2,16,17,18). The van der Waals surface area contributed by atoms with Crippen molar-refractivity contribution in [1.29, 1.82) is 0 Å². The summed E-state index contributed by atoms with van der Waals surface area (Å²) in [5, 5.41) is 2.95. The molecule has 9 heteroatoms. The highest BCUT2D eigenvalue weighted by Crippen LogP contribution is 2.32. The first-order chi connectivity index (χ1) is 9.38. The van der Waals surface area contributed by atoms with Gasteiger partial charge in [-0.15, -0.1) is 0 Å². The number of hydrazine groups is 1. The summed E-state index contributed by atoms with van der Waals surface area (Å²) >= 11 is 0. The lowest BCUT2D eigenvalue weighted by molar-refractivity contribution is -0.137. The van der Waals surface area contributed by atoms with E-state index in [2.05, 4.69) is 15.7 Å². The van der Waals surface area contributed by atoms with Crippen LogP contribution >= 0.6 is 0 Å². The summed E-state index contributed by atoms with van der Waals surface area (Å²) in [6.45, 7) is 0. The monoisotopic (exact) mass is 308 g/mol. The van der Waals surface area contributed by atoms with Gasteiger partial charge in [0.1, 0.15) is 11.6 Å². The molecule has 0 aromatic carbocycles. The molecule has 1 aromatic rings. The number of nitrogen functional groups attached to an aromatic ring is 1. The topological polar surface area (TPSA) is 80.0 Å². The van der Waals surface area contributed by atoms with Gasteiger partial charge in [0.25, 0.3) is 0 Å². The molecule has 1 aliphatic rings. The molecule has 0 spiro atoms. The molecular weight excluding hydrogens is 293 g/mol. The third-order valence-corrected chi connectivity index (χ3v) is 4.42. The van der Waals surface area contributed by atoms with Crippen molar-refractivity contribution in [1.82, 2.24) is 4.98 Å². The lowest BCUT2D eigenvalue weighted by Gasteiger charge is -2.23. The Balaban J connectivity index is 2.16. The maximum absolute atomic E-state index is 12.7. The average Bonchev–Trinajstić information content (AvgIpc) is 2.40. The number of pyridine rings is 1. The van der Waals surface area contributed by atoms with Crippen LogP contribution in [0.5, 0.6) is 0 Å². The van der Waals surface area contributed by atoms with E-state index in [9.17, 15) is 17.4 Å². The van der Waals surface area contributed by atoms with E-state index >= 15 is 0 Å². The summed E-state index contributed by atoms with van der Waals surface area (Å²) in [4.78, 5) is 3.96. The Bertz CT molecular complexity index is 499. The van der Waals surface area contributed by atoms with Crippen LogP contribution < -0.4 is 16.6 Å². The molecule has 0 unspecified atom stereocenters. The summed E-state index contributed by atoms with van der Waals surface area (Å²) in [6.07, 6.45) is -3.16. The largest absolute Gasteiger partial charge is 0.416 e. The fourth-order valence-electron chi connectivity index (χ4n) is 1.99. The van der Waals surface area contributed by atoms with E-state index < -0.39 is 22.5 Å². The molecule has 2 heterocycles. The van der Waals surface area contributed by atoms with Crippen LogP contribution in [0.2, 0.25) is 0 Å². The quantitative estimate of drug-likeness (QED) is 0.585. The number of hydrogen-bond acceptors (Lipinski definition) is 5. The van der Waals surface area contributed by atoms with Gasteiger partial charge in [-0.1, -0.05) is 0 Å². The van der Waals surface area contributed by atoms with Gasteiger partial charge >= 0.3 is 6.18 Å². The van der Waals surface area contributed by atoms with E-state index in [1.165, 1.54) is 0 Å². The van der Waals surface area contributed by atoms with Gasteiger partial charge in [0, 0.05) is 28.3 Å². The van der Waals surface area contributed by atoms with Crippen LogP contribution in [0.25, 0.3) is 0 Å². The second-order valence-corrected chi connectivity index (χ2v) is 6.23. The third kappa shape index (κ3) is 3.83. The van der Waals surface area contributed by atoms with Crippen LogP contribution in [-0.2, 0) is 17.0 Å². The lowest BCUT2D eigenvalue weighted by Crippen LogP contribution is -2.30. The van der Waals surface area contributed by atoms with E-state index in [0.29, 0.717) is 24.3 Å². The Hall–Kier alpha value is -1.35. The van der Waals surface area contributed by atoms with Crippen LogP contribution in [0.15, 0.2) is 12.1 Å². The number of anilines is 2. The lowest BCUT2D eigenvalue weighted by atomic mass is 10.1. The Kier molecular flexibility index (Phi) is 4.48.